The Bertz CT molecular complexity index is 474. The first-order chi connectivity index (χ1) is 7.45. The van der Waals surface area contributed by atoms with Crippen LogP contribution in [0.1, 0.15) is 24.8 Å². The maximum absolute atomic E-state index is 10.8. The van der Waals surface area contributed by atoms with E-state index in [0.717, 1.165) is 0 Å². The fourth-order valence-corrected chi connectivity index (χ4v) is 1.89. The van der Waals surface area contributed by atoms with E-state index in [9.17, 15) is 20.2 Å². The molecule has 0 saturated heterocycles. The summed E-state index contributed by atoms with van der Waals surface area (Å²) in [7, 11) is 0. The molecule has 84 valence electrons. The van der Waals surface area contributed by atoms with Gasteiger partial charge in [0.05, 0.1) is 10.8 Å². The molecule has 1 saturated carbocycles. The van der Waals surface area contributed by atoms with Crippen molar-refractivity contribution in [3.8, 4) is 0 Å². The van der Waals surface area contributed by atoms with Crippen molar-refractivity contribution in [2.75, 3.05) is 0 Å². The number of nitro benzene ring substituents is 1. The summed E-state index contributed by atoms with van der Waals surface area (Å²) in [5.41, 5.74) is -0.293. The molecule has 1 aromatic rings. The summed E-state index contributed by atoms with van der Waals surface area (Å²) in [5, 5.41) is 21.3. The second-order valence-corrected chi connectivity index (χ2v) is 4.22. The highest BCUT2D eigenvalue weighted by molar-refractivity contribution is 5.40. The third kappa shape index (κ3) is 1.52. The van der Waals surface area contributed by atoms with Crippen LogP contribution in [0.5, 0.6) is 0 Å². The van der Waals surface area contributed by atoms with Crippen LogP contribution in [0.3, 0.4) is 0 Å². The van der Waals surface area contributed by atoms with Gasteiger partial charge >= 0.3 is 0 Å². The predicted molar refractivity (Wildman–Crippen MR) is 55.9 cm³/mol. The van der Waals surface area contributed by atoms with E-state index in [2.05, 4.69) is 0 Å². The summed E-state index contributed by atoms with van der Waals surface area (Å²) in [6.07, 6.45) is 0.446. The van der Waals surface area contributed by atoms with Crippen LogP contribution in [0.15, 0.2) is 24.3 Å². The maximum atomic E-state index is 10.8. The van der Waals surface area contributed by atoms with Gasteiger partial charge in [-0.25, -0.2) is 0 Å². The molecule has 1 aliphatic rings. The summed E-state index contributed by atoms with van der Waals surface area (Å²) < 4.78 is 0. The molecule has 6 nitrogen and oxygen atoms in total. The van der Waals surface area contributed by atoms with Crippen LogP contribution in [0.2, 0.25) is 0 Å². The van der Waals surface area contributed by atoms with E-state index in [0.29, 0.717) is 12.0 Å². The largest absolute Gasteiger partial charge is 0.269 e. The van der Waals surface area contributed by atoms with Gasteiger partial charge in [0.15, 0.2) is 0 Å². The molecule has 1 aromatic carbocycles. The molecule has 0 aromatic heterocycles. The summed E-state index contributed by atoms with van der Waals surface area (Å²) in [6, 6.07) is 6.06. The lowest BCUT2D eigenvalue weighted by atomic mass is 10.1. The summed E-state index contributed by atoms with van der Waals surface area (Å²) >= 11 is 0. The van der Waals surface area contributed by atoms with E-state index < -0.39 is 10.5 Å². The molecule has 0 heterocycles. The maximum Gasteiger partial charge on any atom is 0.269 e. The fraction of sp³-hybridized carbons (Fsp3) is 0.400. The number of rotatable bonds is 3. The van der Waals surface area contributed by atoms with Crippen molar-refractivity contribution in [1.82, 2.24) is 0 Å². The highest BCUT2D eigenvalue weighted by atomic mass is 16.6. The molecule has 2 rings (SSSR count). The molecule has 0 bridgehead atoms. The lowest BCUT2D eigenvalue weighted by Crippen LogP contribution is -2.18. The van der Waals surface area contributed by atoms with Gasteiger partial charge < -0.3 is 0 Å². The quantitative estimate of drug-likeness (QED) is 0.578. The van der Waals surface area contributed by atoms with E-state index >= 15 is 0 Å². The van der Waals surface area contributed by atoms with Crippen LogP contribution in [-0.4, -0.2) is 15.4 Å². The second-order valence-electron chi connectivity index (χ2n) is 4.22. The molecular weight excluding hydrogens is 212 g/mol. The Labute approximate surface area is 91.2 Å². The van der Waals surface area contributed by atoms with Crippen LogP contribution >= 0.6 is 0 Å². The van der Waals surface area contributed by atoms with E-state index in [1.165, 1.54) is 12.1 Å². The number of nitrogens with zero attached hydrogens (tertiary/aromatic N) is 2. The van der Waals surface area contributed by atoms with Gasteiger partial charge in [-0.1, -0.05) is 12.1 Å². The third-order valence-electron chi connectivity index (χ3n) is 3.11. The lowest BCUT2D eigenvalue weighted by molar-refractivity contribution is -0.535. The van der Waals surface area contributed by atoms with Crippen molar-refractivity contribution in [3.05, 3.63) is 50.1 Å². The summed E-state index contributed by atoms with van der Waals surface area (Å²) in [5.74, 6) is -0.206. The van der Waals surface area contributed by atoms with Crippen molar-refractivity contribution in [1.29, 1.82) is 0 Å². The number of nitro groups is 2. The van der Waals surface area contributed by atoms with Gasteiger partial charge in [0, 0.05) is 30.4 Å². The highest BCUT2D eigenvalue weighted by Crippen LogP contribution is 2.53. The minimum Gasteiger partial charge on any atom is -0.264 e. The molecule has 1 aliphatic carbocycles. The van der Waals surface area contributed by atoms with Crippen LogP contribution in [0.25, 0.3) is 0 Å². The highest BCUT2D eigenvalue weighted by Gasteiger charge is 2.62. The van der Waals surface area contributed by atoms with Crippen molar-refractivity contribution in [2.24, 2.45) is 0 Å². The normalized spacial score (nSPS) is 27.4. The molecule has 0 N–H and O–H groups in total. The molecule has 2 atom stereocenters. The lowest BCUT2D eigenvalue weighted by Gasteiger charge is -2.02. The summed E-state index contributed by atoms with van der Waals surface area (Å²) in [4.78, 5) is 20.5. The summed E-state index contributed by atoms with van der Waals surface area (Å²) in [6.45, 7) is 1.57. The Morgan fingerprint density at radius 2 is 2.06 bits per heavy atom. The number of non-ortho nitro benzene ring substituents is 1. The molecule has 0 radical (unpaired) electrons. The SMILES string of the molecule is CC1([N+](=O)[O-])CC1c1cccc([N+](=O)[O-])c1. The van der Waals surface area contributed by atoms with Crippen LogP contribution in [-0.2, 0) is 0 Å². The van der Waals surface area contributed by atoms with Crippen LogP contribution in [0, 0.1) is 20.2 Å². The topological polar surface area (TPSA) is 86.3 Å². The Morgan fingerprint density at radius 1 is 1.38 bits per heavy atom. The zero-order valence-corrected chi connectivity index (χ0v) is 8.62. The second kappa shape index (κ2) is 3.26. The zero-order valence-electron chi connectivity index (χ0n) is 8.62. The molecule has 16 heavy (non-hydrogen) atoms. The minimum absolute atomic E-state index is 0.0184. The molecule has 2 unspecified atom stereocenters. The first-order valence-electron chi connectivity index (χ1n) is 4.84. The van der Waals surface area contributed by atoms with Crippen LogP contribution in [0.4, 0.5) is 5.69 Å². The molecule has 0 amide bonds. The van der Waals surface area contributed by atoms with Gasteiger partial charge in [0.1, 0.15) is 0 Å². The van der Waals surface area contributed by atoms with Crippen molar-refractivity contribution in [3.63, 3.8) is 0 Å². The van der Waals surface area contributed by atoms with E-state index in [-0.39, 0.29) is 16.5 Å². The molecule has 0 aliphatic heterocycles. The number of hydrogen-bond donors (Lipinski definition) is 0. The fourth-order valence-electron chi connectivity index (χ4n) is 1.89. The Hall–Kier alpha value is -1.98. The monoisotopic (exact) mass is 222 g/mol. The molecule has 1 fully saturated rings. The van der Waals surface area contributed by atoms with E-state index in [1.54, 1.807) is 19.1 Å². The van der Waals surface area contributed by atoms with Crippen LogP contribution < -0.4 is 0 Å². The van der Waals surface area contributed by atoms with Crippen molar-refractivity contribution in [2.45, 2.75) is 24.8 Å². The van der Waals surface area contributed by atoms with Gasteiger partial charge in [-0.15, -0.1) is 0 Å². The number of hydrogen-bond acceptors (Lipinski definition) is 4. The molecule has 6 heteroatoms. The van der Waals surface area contributed by atoms with Gasteiger partial charge in [-0.2, -0.15) is 0 Å². The molecule has 0 spiro atoms. The number of benzene rings is 1. The van der Waals surface area contributed by atoms with Crippen molar-refractivity contribution < 1.29 is 9.85 Å². The Kier molecular flexibility index (Phi) is 2.15. The molecular formula is C10H10N2O4. The van der Waals surface area contributed by atoms with Gasteiger partial charge in [0.25, 0.3) is 5.69 Å². The first-order valence-corrected chi connectivity index (χ1v) is 4.84. The average Bonchev–Trinajstić information content (AvgIpc) is 2.93. The third-order valence-corrected chi connectivity index (χ3v) is 3.11. The zero-order chi connectivity index (χ0) is 11.9. The standard InChI is InChI=1S/C10H10N2O4/c1-10(12(15)16)6-9(10)7-3-2-4-8(5-7)11(13)14/h2-5,9H,6H2,1H3. The van der Waals surface area contributed by atoms with E-state index in [1.807, 2.05) is 0 Å². The van der Waals surface area contributed by atoms with Crippen molar-refractivity contribution >= 4 is 5.69 Å². The minimum atomic E-state index is -0.949. The smallest absolute Gasteiger partial charge is 0.264 e. The first kappa shape index (κ1) is 10.5. The Balaban J connectivity index is 2.28. The Morgan fingerprint density at radius 3 is 2.56 bits per heavy atom. The predicted octanol–water partition coefficient (Wildman–Crippen LogP) is 2.12. The van der Waals surface area contributed by atoms with Gasteiger partial charge in [-0.3, -0.25) is 20.2 Å². The van der Waals surface area contributed by atoms with E-state index in [4.69, 9.17) is 0 Å². The van der Waals surface area contributed by atoms with Gasteiger partial charge in [-0.05, 0) is 5.56 Å². The van der Waals surface area contributed by atoms with Gasteiger partial charge in [0.2, 0.25) is 5.54 Å². The average molecular weight is 222 g/mol.